The van der Waals surface area contributed by atoms with Crippen molar-refractivity contribution in [1.82, 2.24) is 0 Å². The summed E-state index contributed by atoms with van der Waals surface area (Å²) in [7, 11) is 0. The number of benzene rings is 1. The molecule has 1 atom stereocenters. The highest BCUT2D eigenvalue weighted by atomic mass is 16.6. The first kappa shape index (κ1) is 12.3. The van der Waals surface area contributed by atoms with Gasteiger partial charge in [0.15, 0.2) is 0 Å². The van der Waals surface area contributed by atoms with E-state index in [9.17, 15) is 20.0 Å². The molecular formula is C12H14N2O4. The molecule has 1 fully saturated rings. The van der Waals surface area contributed by atoms with Crippen molar-refractivity contribution < 1.29 is 14.8 Å². The number of non-ortho nitro benzene ring substituents is 1. The average molecular weight is 250 g/mol. The molecule has 0 bridgehead atoms. The van der Waals surface area contributed by atoms with Crippen molar-refractivity contribution in [2.24, 2.45) is 11.3 Å². The molecule has 1 unspecified atom stereocenters. The number of nitrogens with one attached hydrogen (secondary N) is 1. The number of hydrogen-bond acceptors (Lipinski definition) is 4. The summed E-state index contributed by atoms with van der Waals surface area (Å²) in [5.74, 6) is -0.521. The van der Waals surface area contributed by atoms with Gasteiger partial charge < -0.3 is 10.4 Å². The van der Waals surface area contributed by atoms with Crippen LogP contribution in [0.1, 0.15) is 20.3 Å². The van der Waals surface area contributed by atoms with Crippen molar-refractivity contribution in [1.29, 1.82) is 0 Å². The zero-order valence-electron chi connectivity index (χ0n) is 10.1. The fourth-order valence-corrected chi connectivity index (χ4v) is 1.87. The molecule has 1 aromatic rings. The second-order valence-corrected chi connectivity index (χ2v) is 5.19. The number of nitro groups is 1. The number of nitrogens with zero attached hydrogens (tertiary/aromatic N) is 1. The highest BCUT2D eigenvalue weighted by molar-refractivity contribution is 5.96. The third-order valence-electron chi connectivity index (χ3n) is 3.28. The Labute approximate surface area is 104 Å². The van der Waals surface area contributed by atoms with Gasteiger partial charge >= 0.3 is 0 Å². The van der Waals surface area contributed by atoms with Gasteiger partial charge in [0.05, 0.1) is 16.7 Å². The summed E-state index contributed by atoms with van der Waals surface area (Å²) in [6.07, 6.45) is 0.812. The Bertz CT molecular complexity index is 525. The first-order chi connectivity index (χ1) is 8.31. The number of aromatic hydroxyl groups is 1. The Morgan fingerprint density at radius 1 is 1.56 bits per heavy atom. The van der Waals surface area contributed by atoms with Crippen LogP contribution in [0.25, 0.3) is 0 Å². The number of rotatable bonds is 3. The second kappa shape index (κ2) is 3.97. The van der Waals surface area contributed by atoms with Crippen molar-refractivity contribution in [3.05, 3.63) is 28.3 Å². The molecule has 1 saturated carbocycles. The molecule has 0 saturated heterocycles. The van der Waals surface area contributed by atoms with E-state index in [1.165, 1.54) is 12.1 Å². The maximum absolute atomic E-state index is 11.8. The van der Waals surface area contributed by atoms with E-state index in [0.29, 0.717) is 0 Å². The highest BCUT2D eigenvalue weighted by Crippen LogP contribution is 2.52. The largest absolute Gasteiger partial charge is 0.506 e. The van der Waals surface area contributed by atoms with E-state index in [-0.39, 0.29) is 34.4 Å². The smallest absolute Gasteiger partial charge is 0.273 e. The molecule has 2 N–H and O–H groups in total. The topological polar surface area (TPSA) is 92.5 Å². The molecule has 0 heterocycles. The Balaban J connectivity index is 2.11. The summed E-state index contributed by atoms with van der Waals surface area (Å²) in [5, 5.41) is 22.7. The van der Waals surface area contributed by atoms with Crippen LogP contribution in [0.5, 0.6) is 5.75 Å². The maximum atomic E-state index is 11.8. The summed E-state index contributed by atoms with van der Waals surface area (Å²) in [5.41, 5.74) is -0.00827. The molecule has 1 aliphatic rings. The third-order valence-corrected chi connectivity index (χ3v) is 3.28. The molecule has 0 aliphatic heterocycles. The molecule has 0 aromatic heterocycles. The van der Waals surface area contributed by atoms with Crippen molar-refractivity contribution in [3.8, 4) is 5.75 Å². The number of carbonyl (C=O) groups excluding carboxylic acids is 1. The van der Waals surface area contributed by atoms with Gasteiger partial charge in [-0.25, -0.2) is 0 Å². The summed E-state index contributed by atoms with van der Waals surface area (Å²) in [6, 6.07) is 3.60. The standard InChI is InChI=1S/C12H14N2O4/c1-12(2)6-8(12)11(16)13-9-4-3-7(14(17)18)5-10(9)15/h3-5,8,15H,6H2,1-2H3,(H,13,16). The van der Waals surface area contributed by atoms with Gasteiger partial charge in [-0.15, -0.1) is 0 Å². The minimum absolute atomic E-state index is 0.000476. The average Bonchev–Trinajstić information content (AvgIpc) is 2.90. The van der Waals surface area contributed by atoms with Gasteiger partial charge in [0, 0.05) is 12.0 Å². The van der Waals surface area contributed by atoms with Crippen LogP contribution < -0.4 is 5.32 Å². The molecule has 96 valence electrons. The van der Waals surface area contributed by atoms with Gasteiger partial charge in [-0.1, -0.05) is 13.8 Å². The molecule has 2 rings (SSSR count). The number of phenolic OH excluding ortho intramolecular Hbond substituents is 1. The number of amides is 1. The van der Waals surface area contributed by atoms with Crippen molar-refractivity contribution in [2.75, 3.05) is 5.32 Å². The Hall–Kier alpha value is -2.11. The second-order valence-electron chi connectivity index (χ2n) is 5.19. The van der Waals surface area contributed by atoms with Gasteiger partial charge in [0.2, 0.25) is 5.91 Å². The molecule has 6 nitrogen and oxygen atoms in total. The van der Waals surface area contributed by atoms with Crippen LogP contribution in [0.4, 0.5) is 11.4 Å². The Morgan fingerprint density at radius 2 is 2.17 bits per heavy atom. The lowest BCUT2D eigenvalue weighted by atomic mass is 10.1. The fourth-order valence-electron chi connectivity index (χ4n) is 1.87. The summed E-state index contributed by atoms with van der Waals surface area (Å²) >= 11 is 0. The van der Waals surface area contributed by atoms with Crippen LogP contribution >= 0.6 is 0 Å². The maximum Gasteiger partial charge on any atom is 0.273 e. The summed E-state index contributed by atoms with van der Waals surface area (Å²) in [4.78, 5) is 21.7. The molecule has 1 aliphatic carbocycles. The van der Waals surface area contributed by atoms with Crippen LogP contribution in [0, 0.1) is 21.4 Å². The van der Waals surface area contributed by atoms with Crippen molar-refractivity contribution in [3.63, 3.8) is 0 Å². The minimum atomic E-state index is -0.602. The lowest BCUT2D eigenvalue weighted by Crippen LogP contribution is -2.16. The van der Waals surface area contributed by atoms with E-state index in [2.05, 4.69) is 5.32 Å². The minimum Gasteiger partial charge on any atom is -0.506 e. The normalized spacial score (nSPS) is 20.2. The first-order valence-corrected chi connectivity index (χ1v) is 5.59. The SMILES string of the molecule is CC1(C)CC1C(=O)Nc1ccc([N+](=O)[O-])cc1O. The monoisotopic (exact) mass is 250 g/mol. The molecule has 6 heteroatoms. The lowest BCUT2D eigenvalue weighted by molar-refractivity contribution is -0.384. The van der Waals surface area contributed by atoms with Gasteiger partial charge in [-0.05, 0) is 17.9 Å². The number of phenols is 1. The van der Waals surface area contributed by atoms with Crippen molar-refractivity contribution in [2.45, 2.75) is 20.3 Å². The van der Waals surface area contributed by atoms with Crippen LogP contribution in [0.2, 0.25) is 0 Å². The molecule has 0 radical (unpaired) electrons. The Kier molecular flexibility index (Phi) is 2.73. The molecular weight excluding hydrogens is 236 g/mol. The number of nitro benzene ring substituents is 1. The van der Waals surface area contributed by atoms with E-state index in [4.69, 9.17) is 0 Å². The molecule has 18 heavy (non-hydrogen) atoms. The summed E-state index contributed by atoms with van der Waals surface area (Å²) < 4.78 is 0. The quantitative estimate of drug-likeness (QED) is 0.489. The van der Waals surface area contributed by atoms with Gasteiger partial charge in [0.1, 0.15) is 5.75 Å². The predicted octanol–water partition coefficient (Wildman–Crippen LogP) is 2.29. The zero-order valence-corrected chi connectivity index (χ0v) is 10.1. The van der Waals surface area contributed by atoms with E-state index >= 15 is 0 Å². The molecule has 1 aromatic carbocycles. The first-order valence-electron chi connectivity index (χ1n) is 5.59. The zero-order chi connectivity index (χ0) is 13.5. The van der Waals surface area contributed by atoms with E-state index in [1.54, 1.807) is 0 Å². The van der Waals surface area contributed by atoms with Crippen LogP contribution in [0.3, 0.4) is 0 Å². The highest BCUT2D eigenvalue weighted by Gasteiger charge is 2.50. The van der Waals surface area contributed by atoms with Gasteiger partial charge in [-0.2, -0.15) is 0 Å². The third kappa shape index (κ3) is 2.27. The predicted molar refractivity (Wildman–Crippen MR) is 65.3 cm³/mol. The van der Waals surface area contributed by atoms with E-state index < -0.39 is 4.92 Å². The van der Waals surface area contributed by atoms with Crippen LogP contribution in [-0.2, 0) is 4.79 Å². The van der Waals surface area contributed by atoms with Gasteiger partial charge in [-0.3, -0.25) is 14.9 Å². The number of carbonyl (C=O) groups is 1. The van der Waals surface area contributed by atoms with Crippen LogP contribution in [0.15, 0.2) is 18.2 Å². The fraction of sp³-hybridized carbons (Fsp3) is 0.417. The summed E-state index contributed by atoms with van der Waals surface area (Å²) in [6.45, 7) is 3.99. The lowest BCUT2D eigenvalue weighted by Gasteiger charge is -2.08. The number of hydrogen-bond donors (Lipinski definition) is 2. The van der Waals surface area contributed by atoms with Crippen molar-refractivity contribution >= 4 is 17.3 Å². The van der Waals surface area contributed by atoms with E-state index in [1.807, 2.05) is 13.8 Å². The van der Waals surface area contributed by atoms with Gasteiger partial charge in [0.25, 0.3) is 5.69 Å². The molecule has 1 amide bonds. The molecule has 0 spiro atoms. The van der Waals surface area contributed by atoms with E-state index in [0.717, 1.165) is 12.5 Å². The number of anilines is 1. The Morgan fingerprint density at radius 3 is 2.61 bits per heavy atom. The van der Waals surface area contributed by atoms with Crippen LogP contribution in [-0.4, -0.2) is 15.9 Å².